The molecule has 0 atom stereocenters. The van der Waals surface area contributed by atoms with Gasteiger partial charge in [0.15, 0.2) is 0 Å². The van der Waals surface area contributed by atoms with Crippen LogP contribution < -0.4 is 25.4 Å². The molecule has 0 aliphatic carbocycles. The maximum absolute atomic E-state index is 13.4. The average molecular weight is 637 g/mol. The van der Waals surface area contributed by atoms with Crippen molar-refractivity contribution in [2.24, 2.45) is 0 Å². The largest absolute Gasteiger partial charge is 0.497 e. The quantitative estimate of drug-likeness (QED) is 0.119. The van der Waals surface area contributed by atoms with E-state index >= 15 is 0 Å². The van der Waals surface area contributed by atoms with E-state index in [0.717, 1.165) is 4.90 Å². The van der Waals surface area contributed by atoms with E-state index in [2.05, 4.69) is 16.0 Å². The van der Waals surface area contributed by atoms with Crippen molar-refractivity contribution in [3.63, 3.8) is 0 Å². The van der Waals surface area contributed by atoms with Crippen LogP contribution >= 0.6 is 35.0 Å². The first-order valence-corrected chi connectivity index (χ1v) is 14.6. The van der Waals surface area contributed by atoms with Gasteiger partial charge < -0.3 is 25.4 Å². The van der Waals surface area contributed by atoms with Gasteiger partial charge in [-0.05, 0) is 72.8 Å². The third-order valence-electron chi connectivity index (χ3n) is 5.97. The topological polar surface area (TPSA) is 106 Å². The zero-order valence-electron chi connectivity index (χ0n) is 23.2. The number of anilines is 2. The number of halogens is 2. The summed E-state index contributed by atoms with van der Waals surface area (Å²) in [5, 5.41) is 8.89. The number of carbonyl (C=O) groups excluding carboxylic acids is 3. The summed E-state index contributed by atoms with van der Waals surface area (Å²) in [4.78, 5) is 39.6. The van der Waals surface area contributed by atoms with E-state index in [1.165, 1.54) is 32.1 Å². The minimum absolute atomic E-state index is 0.00444. The van der Waals surface area contributed by atoms with Crippen LogP contribution in [0.4, 0.5) is 11.4 Å². The zero-order valence-corrected chi connectivity index (χ0v) is 25.5. The van der Waals surface area contributed by atoms with Crippen molar-refractivity contribution in [3.8, 4) is 11.5 Å². The van der Waals surface area contributed by atoms with E-state index in [1.54, 1.807) is 91.0 Å². The highest BCUT2D eigenvalue weighted by atomic mass is 35.5. The second-order valence-electron chi connectivity index (χ2n) is 8.90. The normalized spacial score (nSPS) is 10.9. The predicted molar refractivity (Wildman–Crippen MR) is 172 cm³/mol. The fourth-order valence-corrected chi connectivity index (χ4v) is 4.86. The Kier molecular flexibility index (Phi) is 11.1. The van der Waals surface area contributed by atoms with Crippen molar-refractivity contribution in [2.75, 3.05) is 30.6 Å². The highest BCUT2D eigenvalue weighted by Gasteiger charge is 2.17. The molecule has 0 spiro atoms. The molecule has 43 heavy (non-hydrogen) atoms. The van der Waals surface area contributed by atoms with E-state index in [1.807, 2.05) is 0 Å². The molecule has 0 unspecified atom stereocenters. The SMILES string of the molecule is COc1ccc(OC)c(/C=C(\NC(=O)c2ccccc2)C(=O)Nc2ccc(SCC(=O)Nc3cccc(Cl)c3Cl)cc2)c1. The molecule has 3 amide bonds. The maximum atomic E-state index is 13.4. The molecule has 8 nitrogen and oxygen atoms in total. The number of hydrogen-bond donors (Lipinski definition) is 3. The number of hydrogen-bond acceptors (Lipinski definition) is 6. The van der Waals surface area contributed by atoms with E-state index in [0.29, 0.717) is 39.0 Å². The van der Waals surface area contributed by atoms with Gasteiger partial charge in [0.25, 0.3) is 11.8 Å². The van der Waals surface area contributed by atoms with Crippen LogP contribution in [0.1, 0.15) is 15.9 Å². The van der Waals surface area contributed by atoms with Crippen LogP contribution in [0, 0.1) is 0 Å². The molecule has 0 bridgehead atoms. The molecule has 0 aliphatic heterocycles. The number of rotatable bonds is 11. The number of thioether (sulfide) groups is 1. The Bertz CT molecular complexity index is 1650. The molecule has 0 radical (unpaired) electrons. The van der Waals surface area contributed by atoms with E-state index in [-0.39, 0.29) is 22.4 Å². The Balaban J connectivity index is 1.47. The van der Waals surface area contributed by atoms with Crippen LogP contribution in [0.15, 0.2) is 102 Å². The van der Waals surface area contributed by atoms with Gasteiger partial charge in [0.05, 0.1) is 35.7 Å². The second-order valence-corrected chi connectivity index (χ2v) is 10.7. The summed E-state index contributed by atoms with van der Waals surface area (Å²) in [6.45, 7) is 0. The average Bonchev–Trinajstić information content (AvgIpc) is 3.02. The van der Waals surface area contributed by atoms with E-state index < -0.39 is 11.8 Å². The summed E-state index contributed by atoms with van der Waals surface area (Å²) < 4.78 is 10.8. The number of nitrogens with one attached hydrogen (secondary N) is 3. The standard InChI is InChI=1S/C32H27Cl2N3O5S/c1-41-23-13-16-28(42-2)21(17-23)18-27(37-31(39)20-7-4-3-5-8-20)32(40)35-22-11-14-24(15-12-22)43-19-29(38)36-26-10-6-9-25(33)30(26)34/h3-18H,19H2,1-2H3,(H,35,40)(H,36,38)(H,37,39)/b27-18-. The molecule has 0 saturated heterocycles. The summed E-state index contributed by atoms with van der Waals surface area (Å²) in [6, 6.07) is 25.7. The molecule has 0 fully saturated rings. The fraction of sp³-hybridized carbons (Fsp3) is 0.0938. The van der Waals surface area contributed by atoms with Crippen molar-refractivity contribution >= 4 is 70.1 Å². The van der Waals surface area contributed by atoms with Crippen LogP contribution in [-0.2, 0) is 9.59 Å². The third-order valence-corrected chi connectivity index (χ3v) is 7.80. The molecular weight excluding hydrogens is 609 g/mol. The number of ether oxygens (including phenoxy) is 2. The van der Waals surface area contributed by atoms with Gasteiger partial charge in [0.2, 0.25) is 5.91 Å². The van der Waals surface area contributed by atoms with Gasteiger partial charge in [-0.3, -0.25) is 14.4 Å². The Morgan fingerprint density at radius 2 is 1.58 bits per heavy atom. The van der Waals surface area contributed by atoms with E-state index in [4.69, 9.17) is 32.7 Å². The third kappa shape index (κ3) is 8.78. The Hall–Kier alpha value is -4.44. The van der Waals surface area contributed by atoms with Gasteiger partial charge in [-0.15, -0.1) is 11.8 Å². The monoisotopic (exact) mass is 635 g/mol. The van der Waals surface area contributed by atoms with Gasteiger partial charge in [-0.25, -0.2) is 0 Å². The minimum Gasteiger partial charge on any atom is -0.497 e. The molecule has 0 aliphatic rings. The Morgan fingerprint density at radius 1 is 0.837 bits per heavy atom. The molecule has 4 aromatic rings. The first kappa shape index (κ1) is 31.5. The molecule has 11 heteroatoms. The van der Waals surface area contributed by atoms with Gasteiger partial charge in [-0.1, -0.05) is 47.5 Å². The van der Waals surface area contributed by atoms with Crippen LogP contribution in [0.25, 0.3) is 6.08 Å². The first-order valence-electron chi connectivity index (χ1n) is 12.9. The van der Waals surface area contributed by atoms with Crippen molar-refractivity contribution < 1.29 is 23.9 Å². The molecule has 3 N–H and O–H groups in total. The molecule has 4 rings (SSSR count). The van der Waals surface area contributed by atoms with Crippen LogP contribution in [0.5, 0.6) is 11.5 Å². The maximum Gasteiger partial charge on any atom is 0.272 e. The number of carbonyl (C=O) groups is 3. The summed E-state index contributed by atoms with van der Waals surface area (Å²) in [5.41, 5.74) is 1.84. The van der Waals surface area contributed by atoms with Gasteiger partial charge >= 0.3 is 0 Å². The van der Waals surface area contributed by atoms with Crippen LogP contribution in [0.2, 0.25) is 10.0 Å². The molecular formula is C32H27Cl2N3O5S. The Morgan fingerprint density at radius 3 is 2.28 bits per heavy atom. The Labute approximate surface area is 263 Å². The summed E-state index contributed by atoms with van der Waals surface area (Å²) in [5.74, 6) is -0.0690. The van der Waals surface area contributed by atoms with Crippen molar-refractivity contribution in [2.45, 2.75) is 4.90 Å². The molecule has 0 saturated carbocycles. The highest BCUT2D eigenvalue weighted by Crippen LogP contribution is 2.30. The van der Waals surface area contributed by atoms with Crippen LogP contribution in [-0.4, -0.2) is 37.7 Å². The lowest BCUT2D eigenvalue weighted by atomic mass is 10.1. The number of benzene rings is 4. The second kappa shape index (κ2) is 15.2. The lowest BCUT2D eigenvalue weighted by Gasteiger charge is -2.13. The van der Waals surface area contributed by atoms with Gasteiger partial charge in [0, 0.05) is 21.7 Å². The minimum atomic E-state index is -0.549. The first-order chi connectivity index (χ1) is 20.8. The van der Waals surface area contributed by atoms with Crippen molar-refractivity contribution in [1.82, 2.24) is 5.32 Å². The fourth-order valence-electron chi connectivity index (χ4n) is 3.82. The van der Waals surface area contributed by atoms with Gasteiger partial charge in [0.1, 0.15) is 17.2 Å². The number of amides is 3. The zero-order chi connectivity index (χ0) is 30.8. The highest BCUT2D eigenvalue weighted by molar-refractivity contribution is 8.00. The van der Waals surface area contributed by atoms with Crippen molar-refractivity contribution in [3.05, 3.63) is 118 Å². The molecule has 0 aromatic heterocycles. The van der Waals surface area contributed by atoms with Gasteiger partial charge in [-0.2, -0.15) is 0 Å². The summed E-state index contributed by atoms with van der Waals surface area (Å²) in [6.07, 6.45) is 1.52. The lowest BCUT2D eigenvalue weighted by Crippen LogP contribution is -2.30. The summed E-state index contributed by atoms with van der Waals surface area (Å²) in [7, 11) is 3.04. The molecule has 4 aromatic carbocycles. The predicted octanol–water partition coefficient (Wildman–Crippen LogP) is 7.15. The van der Waals surface area contributed by atoms with E-state index in [9.17, 15) is 14.4 Å². The molecule has 0 heterocycles. The lowest BCUT2D eigenvalue weighted by molar-refractivity contribution is -0.114. The summed E-state index contributed by atoms with van der Waals surface area (Å²) >= 11 is 13.5. The van der Waals surface area contributed by atoms with Crippen LogP contribution in [0.3, 0.4) is 0 Å². The number of methoxy groups -OCH3 is 2. The molecule has 220 valence electrons. The smallest absolute Gasteiger partial charge is 0.272 e. The van der Waals surface area contributed by atoms with Crippen molar-refractivity contribution in [1.29, 1.82) is 0 Å².